The van der Waals surface area contributed by atoms with Gasteiger partial charge in [0.15, 0.2) is 0 Å². The number of rotatable bonds is 0. The van der Waals surface area contributed by atoms with Crippen LogP contribution in [0.25, 0.3) is 0 Å². The highest BCUT2D eigenvalue weighted by Crippen LogP contribution is 2.49. The third-order valence-corrected chi connectivity index (χ3v) is 4.21. The lowest BCUT2D eigenvalue weighted by molar-refractivity contribution is -0.235. The Balaban J connectivity index is 2.29. The molecule has 0 unspecified atom stereocenters. The fourth-order valence-corrected chi connectivity index (χ4v) is 3.13. The van der Waals surface area contributed by atoms with E-state index in [1.807, 2.05) is 13.8 Å². The summed E-state index contributed by atoms with van der Waals surface area (Å²) in [5, 5.41) is 10.7. The average molecular weight is 212 g/mol. The number of cyclic esters (lactones) is 1. The Morgan fingerprint density at radius 1 is 1.47 bits per heavy atom. The zero-order chi connectivity index (χ0) is 11.3. The van der Waals surface area contributed by atoms with Crippen LogP contribution in [0.2, 0.25) is 0 Å². The second-order valence-corrected chi connectivity index (χ2v) is 5.69. The topological polar surface area (TPSA) is 46.5 Å². The van der Waals surface area contributed by atoms with Crippen LogP contribution in [-0.4, -0.2) is 22.3 Å². The highest BCUT2D eigenvalue weighted by Gasteiger charge is 2.57. The Bertz CT molecular complexity index is 285. The molecule has 3 atom stereocenters. The first-order chi connectivity index (χ1) is 6.85. The van der Waals surface area contributed by atoms with Gasteiger partial charge in [-0.25, -0.2) is 0 Å². The van der Waals surface area contributed by atoms with Crippen molar-refractivity contribution in [1.29, 1.82) is 0 Å². The van der Waals surface area contributed by atoms with Crippen LogP contribution < -0.4 is 0 Å². The van der Waals surface area contributed by atoms with Crippen LogP contribution in [0.4, 0.5) is 0 Å². The van der Waals surface area contributed by atoms with Crippen molar-refractivity contribution in [3.8, 4) is 0 Å². The van der Waals surface area contributed by atoms with E-state index in [9.17, 15) is 9.90 Å². The first-order valence-corrected chi connectivity index (χ1v) is 5.79. The fourth-order valence-electron chi connectivity index (χ4n) is 3.13. The van der Waals surface area contributed by atoms with E-state index in [-0.39, 0.29) is 11.9 Å². The molecule has 15 heavy (non-hydrogen) atoms. The van der Waals surface area contributed by atoms with Crippen LogP contribution in [0.3, 0.4) is 0 Å². The van der Waals surface area contributed by atoms with Crippen LogP contribution in [0.15, 0.2) is 0 Å². The van der Waals surface area contributed by atoms with Gasteiger partial charge in [0, 0.05) is 5.92 Å². The zero-order valence-corrected chi connectivity index (χ0v) is 9.75. The molecular formula is C12H20O3. The fraction of sp³-hybridized carbons (Fsp3) is 0.917. The van der Waals surface area contributed by atoms with Gasteiger partial charge < -0.3 is 9.84 Å². The molecule has 2 rings (SSSR count). The summed E-state index contributed by atoms with van der Waals surface area (Å²) in [7, 11) is 0. The summed E-state index contributed by atoms with van der Waals surface area (Å²) in [6.45, 7) is 5.84. The number of hydrogen-bond donors (Lipinski definition) is 1. The van der Waals surface area contributed by atoms with Gasteiger partial charge in [-0.1, -0.05) is 6.92 Å². The van der Waals surface area contributed by atoms with Crippen molar-refractivity contribution in [1.82, 2.24) is 0 Å². The van der Waals surface area contributed by atoms with Crippen molar-refractivity contribution < 1.29 is 14.6 Å². The minimum Gasteiger partial charge on any atom is -0.457 e. The van der Waals surface area contributed by atoms with Crippen LogP contribution in [0.5, 0.6) is 0 Å². The second-order valence-electron chi connectivity index (χ2n) is 5.69. The first kappa shape index (κ1) is 10.9. The molecule has 0 radical (unpaired) electrons. The molecule has 1 saturated carbocycles. The summed E-state index contributed by atoms with van der Waals surface area (Å²) < 4.78 is 5.29. The summed E-state index contributed by atoms with van der Waals surface area (Å²) in [6.07, 6.45) is 3.09. The van der Waals surface area contributed by atoms with E-state index < -0.39 is 11.2 Å². The minimum atomic E-state index is -0.812. The third-order valence-electron chi connectivity index (χ3n) is 4.21. The van der Waals surface area contributed by atoms with E-state index in [2.05, 4.69) is 6.92 Å². The van der Waals surface area contributed by atoms with Gasteiger partial charge in [-0.3, -0.25) is 4.79 Å². The van der Waals surface area contributed by atoms with E-state index in [4.69, 9.17) is 4.74 Å². The Hall–Kier alpha value is -0.570. The highest BCUT2D eigenvalue weighted by molar-refractivity contribution is 5.72. The van der Waals surface area contributed by atoms with Gasteiger partial charge in [0.2, 0.25) is 0 Å². The summed E-state index contributed by atoms with van der Waals surface area (Å²) in [4.78, 5) is 11.4. The molecule has 1 N–H and O–H groups in total. The molecule has 0 spiro atoms. The molecular weight excluding hydrogens is 192 g/mol. The number of carbonyl (C=O) groups excluding carboxylic acids is 1. The lowest BCUT2D eigenvalue weighted by Gasteiger charge is -2.53. The lowest BCUT2D eigenvalue weighted by Crippen LogP contribution is -2.63. The SMILES string of the molecule is C[C@@H]1CC[C@@]2(O)[C@H](CC(=O)OC2(C)C)C1. The number of ether oxygens (including phenoxy) is 1. The maximum Gasteiger partial charge on any atom is 0.306 e. The monoisotopic (exact) mass is 212 g/mol. The molecule has 2 fully saturated rings. The summed E-state index contributed by atoms with van der Waals surface area (Å²) in [6, 6.07) is 0. The van der Waals surface area contributed by atoms with E-state index >= 15 is 0 Å². The number of fused-ring (bicyclic) bond motifs is 1. The van der Waals surface area contributed by atoms with Gasteiger partial charge in [-0.05, 0) is 39.0 Å². The predicted molar refractivity (Wildman–Crippen MR) is 56.2 cm³/mol. The van der Waals surface area contributed by atoms with E-state index in [0.717, 1.165) is 19.3 Å². The van der Waals surface area contributed by atoms with Crippen LogP contribution in [0.1, 0.15) is 46.5 Å². The third kappa shape index (κ3) is 1.57. The summed E-state index contributed by atoms with van der Waals surface area (Å²) in [5.41, 5.74) is -1.54. The number of hydrogen-bond acceptors (Lipinski definition) is 3. The lowest BCUT2D eigenvalue weighted by atomic mass is 9.62. The van der Waals surface area contributed by atoms with Gasteiger partial charge in [-0.15, -0.1) is 0 Å². The molecule has 0 aromatic carbocycles. The van der Waals surface area contributed by atoms with Gasteiger partial charge >= 0.3 is 5.97 Å². The standard InChI is InChI=1S/C12H20O3/c1-8-4-5-12(14)9(6-8)7-10(13)15-11(12,2)3/h8-9,14H,4-7H2,1-3H3/t8-,9+,12-/m1/s1. The smallest absolute Gasteiger partial charge is 0.306 e. The molecule has 3 heteroatoms. The van der Waals surface area contributed by atoms with Crippen molar-refractivity contribution in [3.05, 3.63) is 0 Å². The van der Waals surface area contributed by atoms with Crippen molar-refractivity contribution in [3.63, 3.8) is 0 Å². The van der Waals surface area contributed by atoms with Gasteiger partial charge in [0.1, 0.15) is 11.2 Å². The summed E-state index contributed by atoms with van der Waals surface area (Å²) >= 11 is 0. The molecule has 1 saturated heterocycles. The molecule has 0 amide bonds. The van der Waals surface area contributed by atoms with Crippen LogP contribution in [0, 0.1) is 11.8 Å². The predicted octanol–water partition coefficient (Wildman–Crippen LogP) is 1.88. The quantitative estimate of drug-likeness (QED) is 0.624. The maximum absolute atomic E-state index is 11.4. The van der Waals surface area contributed by atoms with Gasteiger partial charge in [-0.2, -0.15) is 0 Å². The van der Waals surface area contributed by atoms with Gasteiger partial charge in [0.25, 0.3) is 0 Å². The Morgan fingerprint density at radius 3 is 2.80 bits per heavy atom. The van der Waals surface area contributed by atoms with E-state index in [1.165, 1.54) is 0 Å². The van der Waals surface area contributed by atoms with Crippen molar-refractivity contribution in [2.75, 3.05) is 0 Å². The van der Waals surface area contributed by atoms with Crippen molar-refractivity contribution in [2.24, 2.45) is 11.8 Å². The van der Waals surface area contributed by atoms with Crippen molar-refractivity contribution in [2.45, 2.75) is 57.7 Å². The van der Waals surface area contributed by atoms with Crippen LogP contribution >= 0.6 is 0 Å². The summed E-state index contributed by atoms with van der Waals surface area (Å²) in [5.74, 6) is 0.526. The zero-order valence-electron chi connectivity index (χ0n) is 9.75. The first-order valence-electron chi connectivity index (χ1n) is 5.79. The molecule has 0 bridgehead atoms. The van der Waals surface area contributed by atoms with Gasteiger partial charge in [0.05, 0.1) is 6.42 Å². The molecule has 1 aliphatic heterocycles. The van der Waals surface area contributed by atoms with Crippen molar-refractivity contribution >= 4 is 5.97 Å². The number of aliphatic hydroxyl groups is 1. The number of carbonyl (C=O) groups is 1. The Kier molecular flexibility index (Phi) is 2.34. The minimum absolute atomic E-state index is 0.0810. The molecule has 2 aliphatic rings. The largest absolute Gasteiger partial charge is 0.457 e. The number of esters is 1. The Morgan fingerprint density at radius 2 is 2.13 bits per heavy atom. The molecule has 1 heterocycles. The molecule has 0 aromatic heterocycles. The maximum atomic E-state index is 11.4. The average Bonchev–Trinajstić information content (AvgIpc) is 2.08. The molecule has 1 aliphatic carbocycles. The normalized spacial score (nSPS) is 44.4. The highest BCUT2D eigenvalue weighted by atomic mass is 16.6. The second kappa shape index (κ2) is 3.21. The molecule has 0 aromatic rings. The molecule has 86 valence electrons. The van der Waals surface area contributed by atoms with E-state index in [1.54, 1.807) is 0 Å². The Labute approximate surface area is 90.8 Å². The molecule has 3 nitrogen and oxygen atoms in total. The van der Waals surface area contributed by atoms with Crippen LogP contribution in [-0.2, 0) is 9.53 Å². The van der Waals surface area contributed by atoms with E-state index in [0.29, 0.717) is 12.3 Å².